The average Bonchev–Trinajstić information content (AvgIpc) is 3.06. The van der Waals surface area contributed by atoms with E-state index in [0.717, 1.165) is 37.4 Å². The third-order valence-corrected chi connectivity index (χ3v) is 5.57. The van der Waals surface area contributed by atoms with Crippen molar-refractivity contribution >= 4 is 5.95 Å². The number of halogens is 1. The molecule has 1 saturated heterocycles. The molecule has 1 saturated carbocycles. The molecule has 0 spiro atoms. The Morgan fingerprint density at radius 1 is 1.12 bits per heavy atom. The highest BCUT2D eigenvalue weighted by molar-refractivity contribution is 5.33. The Balaban J connectivity index is 1.41. The molecule has 5 nitrogen and oxygen atoms in total. The molecule has 1 aliphatic heterocycles. The number of aliphatic hydroxyl groups excluding tert-OH is 1. The van der Waals surface area contributed by atoms with Gasteiger partial charge in [0.15, 0.2) is 0 Å². The predicted octanol–water partition coefficient (Wildman–Crippen LogP) is 2.83. The van der Waals surface area contributed by atoms with E-state index < -0.39 is 6.10 Å². The van der Waals surface area contributed by atoms with Gasteiger partial charge in [0.2, 0.25) is 5.95 Å². The normalized spacial score (nSPS) is 28.0. The van der Waals surface area contributed by atoms with Crippen LogP contribution in [0.3, 0.4) is 0 Å². The van der Waals surface area contributed by atoms with Gasteiger partial charge in [-0.3, -0.25) is 0 Å². The lowest BCUT2D eigenvalue weighted by Crippen LogP contribution is -2.42. The Morgan fingerprint density at radius 3 is 2.42 bits per heavy atom. The Labute approximate surface area is 152 Å². The molecule has 1 aliphatic carbocycles. The van der Waals surface area contributed by atoms with E-state index in [1.54, 1.807) is 12.1 Å². The standard InChI is InChI=1S/C20H24FN3O2/c1-2-13-9-22-20(23-10-13)24-11-14-7-18(25)19(8-15(14)12-24)26-17-5-3-16(21)4-6-17/h3-6,9-10,14-15,18-19,25H,2,7-8,11-12H2,1H3/t14-,15+,18+,19+/m0/s1. The van der Waals surface area contributed by atoms with Crippen LogP contribution >= 0.6 is 0 Å². The zero-order valence-electron chi connectivity index (χ0n) is 14.9. The molecule has 0 bridgehead atoms. The van der Waals surface area contributed by atoms with Crippen molar-refractivity contribution in [3.63, 3.8) is 0 Å². The number of aromatic nitrogens is 2. The molecule has 1 aromatic heterocycles. The van der Waals surface area contributed by atoms with Crippen LogP contribution in [-0.4, -0.2) is 40.4 Å². The fourth-order valence-corrected chi connectivity index (χ4v) is 4.06. The lowest BCUT2D eigenvalue weighted by Gasteiger charge is -2.35. The van der Waals surface area contributed by atoms with E-state index in [1.807, 2.05) is 12.4 Å². The molecule has 1 aromatic carbocycles. The van der Waals surface area contributed by atoms with Crippen molar-refractivity contribution in [2.24, 2.45) is 11.8 Å². The largest absolute Gasteiger partial charge is 0.488 e. The van der Waals surface area contributed by atoms with Gasteiger partial charge in [0.25, 0.3) is 0 Å². The van der Waals surface area contributed by atoms with Gasteiger partial charge in [0.05, 0.1) is 6.10 Å². The van der Waals surface area contributed by atoms with Gasteiger partial charge in [0.1, 0.15) is 17.7 Å². The Kier molecular flexibility index (Phi) is 4.76. The van der Waals surface area contributed by atoms with Crippen LogP contribution in [0.4, 0.5) is 10.3 Å². The second kappa shape index (κ2) is 7.19. The van der Waals surface area contributed by atoms with Crippen LogP contribution in [-0.2, 0) is 6.42 Å². The van der Waals surface area contributed by atoms with Crippen LogP contribution < -0.4 is 9.64 Å². The summed E-state index contributed by atoms with van der Waals surface area (Å²) in [6.07, 6.45) is 5.43. The minimum Gasteiger partial charge on any atom is -0.488 e. The molecule has 4 rings (SSSR count). The summed E-state index contributed by atoms with van der Waals surface area (Å²) < 4.78 is 19.0. The molecule has 26 heavy (non-hydrogen) atoms. The zero-order valence-corrected chi connectivity index (χ0v) is 14.9. The lowest BCUT2D eigenvalue weighted by molar-refractivity contribution is -0.0231. The summed E-state index contributed by atoms with van der Waals surface area (Å²) in [5, 5.41) is 10.5. The van der Waals surface area contributed by atoms with E-state index in [4.69, 9.17) is 4.74 Å². The highest BCUT2D eigenvalue weighted by Gasteiger charge is 2.43. The second-order valence-corrected chi connectivity index (χ2v) is 7.32. The third kappa shape index (κ3) is 3.51. The van der Waals surface area contributed by atoms with Crippen molar-refractivity contribution in [2.75, 3.05) is 18.0 Å². The van der Waals surface area contributed by atoms with E-state index >= 15 is 0 Å². The molecule has 2 aliphatic rings. The van der Waals surface area contributed by atoms with E-state index in [2.05, 4.69) is 21.8 Å². The lowest BCUT2D eigenvalue weighted by atomic mass is 9.78. The number of benzene rings is 1. The second-order valence-electron chi connectivity index (χ2n) is 7.32. The summed E-state index contributed by atoms with van der Waals surface area (Å²) in [7, 11) is 0. The topological polar surface area (TPSA) is 58.5 Å². The minimum absolute atomic E-state index is 0.259. The van der Waals surface area contributed by atoms with E-state index in [0.29, 0.717) is 24.0 Å². The van der Waals surface area contributed by atoms with Crippen molar-refractivity contribution < 1.29 is 14.2 Å². The van der Waals surface area contributed by atoms with Crippen molar-refractivity contribution in [3.8, 4) is 5.75 Å². The fourth-order valence-electron chi connectivity index (χ4n) is 4.06. The van der Waals surface area contributed by atoms with Crippen LogP contribution in [0, 0.1) is 17.7 Å². The van der Waals surface area contributed by atoms with Gasteiger partial charge in [-0.2, -0.15) is 0 Å². The average molecular weight is 357 g/mol. The van der Waals surface area contributed by atoms with Crippen molar-refractivity contribution in [1.29, 1.82) is 0 Å². The van der Waals surface area contributed by atoms with Gasteiger partial charge in [-0.15, -0.1) is 0 Å². The first-order valence-electron chi connectivity index (χ1n) is 9.28. The van der Waals surface area contributed by atoms with E-state index in [-0.39, 0.29) is 11.9 Å². The maximum absolute atomic E-state index is 13.0. The summed E-state index contributed by atoms with van der Waals surface area (Å²) >= 11 is 0. The molecular formula is C20H24FN3O2. The molecule has 2 aromatic rings. The maximum atomic E-state index is 13.0. The number of hydrogen-bond donors (Lipinski definition) is 1. The number of ether oxygens (including phenoxy) is 1. The number of nitrogens with zero attached hydrogens (tertiary/aromatic N) is 3. The SMILES string of the molecule is CCc1cnc(N2C[C@H]3C[C@@H](Oc4ccc(F)cc4)[C@H](O)C[C@H]3C2)nc1. The summed E-state index contributed by atoms with van der Waals surface area (Å²) in [6.45, 7) is 3.84. The minimum atomic E-state index is -0.510. The number of rotatable bonds is 4. The van der Waals surface area contributed by atoms with Gasteiger partial charge < -0.3 is 14.7 Å². The summed E-state index contributed by atoms with van der Waals surface area (Å²) in [4.78, 5) is 11.2. The zero-order chi connectivity index (χ0) is 18.1. The first-order chi connectivity index (χ1) is 12.6. The van der Waals surface area contributed by atoms with Crippen molar-refractivity contribution in [2.45, 2.75) is 38.4 Å². The molecule has 2 heterocycles. The third-order valence-electron chi connectivity index (χ3n) is 5.57. The highest BCUT2D eigenvalue weighted by Crippen LogP contribution is 2.38. The van der Waals surface area contributed by atoms with Gasteiger partial charge in [-0.05, 0) is 60.9 Å². The Bertz CT molecular complexity index is 738. The van der Waals surface area contributed by atoms with Crippen LogP contribution in [0.25, 0.3) is 0 Å². The van der Waals surface area contributed by atoms with Gasteiger partial charge in [-0.1, -0.05) is 6.92 Å². The number of aliphatic hydroxyl groups is 1. The fraction of sp³-hybridized carbons (Fsp3) is 0.500. The number of fused-ring (bicyclic) bond motifs is 1. The molecule has 1 N–H and O–H groups in total. The molecule has 0 amide bonds. The van der Waals surface area contributed by atoms with Crippen molar-refractivity contribution in [1.82, 2.24) is 9.97 Å². The van der Waals surface area contributed by atoms with E-state index in [1.165, 1.54) is 12.1 Å². The summed E-state index contributed by atoms with van der Waals surface area (Å²) in [5.41, 5.74) is 1.13. The van der Waals surface area contributed by atoms with Crippen LogP contribution in [0.2, 0.25) is 0 Å². The van der Waals surface area contributed by atoms with Crippen molar-refractivity contribution in [3.05, 3.63) is 48.0 Å². The molecular weight excluding hydrogens is 333 g/mol. The first kappa shape index (κ1) is 17.2. The Morgan fingerprint density at radius 2 is 1.77 bits per heavy atom. The van der Waals surface area contributed by atoms with Gasteiger partial charge in [-0.25, -0.2) is 14.4 Å². The smallest absolute Gasteiger partial charge is 0.225 e. The monoisotopic (exact) mass is 357 g/mol. The summed E-state index contributed by atoms with van der Waals surface area (Å²) in [6, 6.07) is 5.97. The number of anilines is 1. The van der Waals surface area contributed by atoms with E-state index in [9.17, 15) is 9.50 Å². The molecule has 4 atom stereocenters. The van der Waals surface area contributed by atoms with Gasteiger partial charge in [0, 0.05) is 25.5 Å². The Hall–Kier alpha value is -2.21. The molecule has 6 heteroatoms. The van der Waals surface area contributed by atoms with Crippen LogP contribution in [0.15, 0.2) is 36.7 Å². The summed E-state index contributed by atoms with van der Waals surface area (Å²) in [5.74, 6) is 1.94. The quantitative estimate of drug-likeness (QED) is 0.912. The predicted molar refractivity (Wildman–Crippen MR) is 96.7 cm³/mol. The van der Waals surface area contributed by atoms with Gasteiger partial charge >= 0.3 is 0 Å². The first-order valence-corrected chi connectivity index (χ1v) is 9.28. The maximum Gasteiger partial charge on any atom is 0.225 e. The number of hydrogen-bond acceptors (Lipinski definition) is 5. The molecule has 0 radical (unpaired) electrons. The molecule has 138 valence electrons. The molecule has 0 unspecified atom stereocenters. The molecule has 2 fully saturated rings. The van der Waals surface area contributed by atoms with Crippen LogP contribution in [0.5, 0.6) is 5.75 Å². The van der Waals surface area contributed by atoms with Crippen LogP contribution in [0.1, 0.15) is 25.3 Å². The number of aryl methyl sites for hydroxylation is 1. The highest BCUT2D eigenvalue weighted by atomic mass is 19.1.